The number of carbonyl (C=O) groups is 5. The van der Waals surface area contributed by atoms with Gasteiger partial charge in [-0.2, -0.15) is 0 Å². The summed E-state index contributed by atoms with van der Waals surface area (Å²) in [6, 6.07) is 21.8. The second kappa shape index (κ2) is 12.7. The van der Waals surface area contributed by atoms with Gasteiger partial charge in [0.1, 0.15) is 17.9 Å². The molecule has 2 saturated heterocycles. The summed E-state index contributed by atoms with van der Waals surface area (Å²) in [5.74, 6) is -1.28. The van der Waals surface area contributed by atoms with Crippen LogP contribution >= 0.6 is 0 Å². The number of benzene rings is 3. The number of hydrogen-bond acceptors (Lipinski definition) is 8. The molecule has 11 nitrogen and oxygen atoms in total. The molecule has 50 heavy (non-hydrogen) atoms. The number of nitrogens with zero attached hydrogens (tertiary/aromatic N) is 3. The Morgan fingerprint density at radius 3 is 2.16 bits per heavy atom. The normalized spacial score (nSPS) is 24.4. The summed E-state index contributed by atoms with van der Waals surface area (Å²) in [6.45, 7) is 12.4. The van der Waals surface area contributed by atoms with Gasteiger partial charge in [-0.25, -0.2) is 0 Å². The quantitative estimate of drug-likeness (QED) is 0.343. The van der Waals surface area contributed by atoms with E-state index in [-0.39, 0.29) is 52.9 Å². The molecule has 3 heterocycles. The third-order valence-corrected chi connectivity index (χ3v) is 10.9. The van der Waals surface area contributed by atoms with Gasteiger partial charge in [-0.3, -0.25) is 39.1 Å². The summed E-state index contributed by atoms with van der Waals surface area (Å²) in [5.41, 5.74) is 2.65. The van der Waals surface area contributed by atoms with Crippen LogP contribution in [0.5, 0.6) is 5.75 Å². The Morgan fingerprint density at radius 1 is 0.840 bits per heavy atom. The molecule has 2 N–H and O–H groups in total. The molecule has 1 atom stereocenters. The van der Waals surface area contributed by atoms with Crippen LogP contribution in [-0.2, 0) is 16.1 Å². The highest BCUT2D eigenvalue weighted by Crippen LogP contribution is 2.55. The monoisotopic (exact) mass is 677 g/mol. The molecule has 260 valence electrons. The van der Waals surface area contributed by atoms with Gasteiger partial charge >= 0.3 is 0 Å². The molecule has 1 unspecified atom stereocenters. The number of anilines is 1. The first kappa shape index (κ1) is 33.5. The van der Waals surface area contributed by atoms with E-state index in [0.29, 0.717) is 5.56 Å². The van der Waals surface area contributed by atoms with Crippen molar-refractivity contribution in [2.24, 2.45) is 10.8 Å². The summed E-state index contributed by atoms with van der Waals surface area (Å²) in [6.07, 6.45) is 0.169. The second-order valence-electron chi connectivity index (χ2n) is 15.0. The van der Waals surface area contributed by atoms with Gasteiger partial charge in [0.25, 0.3) is 17.7 Å². The molecular formula is C39H43N5O6. The van der Waals surface area contributed by atoms with Crippen LogP contribution in [0.2, 0.25) is 0 Å². The molecule has 3 aromatic carbocycles. The highest BCUT2D eigenvalue weighted by atomic mass is 16.5. The molecule has 7 rings (SSSR count). The number of rotatable bonds is 8. The first-order valence-corrected chi connectivity index (χ1v) is 17.3. The number of hydrogen-bond donors (Lipinski definition) is 2. The number of nitrogens with one attached hydrogen (secondary N) is 2. The van der Waals surface area contributed by atoms with E-state index in [2.05, 4.69) is 48.1 Å². The molecule has 0 radical (unpaired) electrons. The largest absolute Gasteiger partial charge is 0.489 e. The maximum Gasteiger partial charge on any atom is 0.262 e. The van der Waals surface area contributed by atoms with E-state index in [1.807, 2.05) is 60.7 Å². The Hall–Kier alpha value is -5.03. The van der Waals surface area contributed by atoms with Crippen molar-refractivity contribution >= 4 is 35.2 Å². The fourth-order valence-corrected chi connectivity index (χ4v) is 8.49. The highest BCUT2D eigenvalue weighted by Gasteiger charge is 2.64. The van der Waals surface area contributed by atoms with Crippen molar-refractivity contribution in [3.8, 4) is 5.75 Å². The van der Waals surface area contributed by atoms with Crippen LogP contribution in [0.1, 0.15) is 77.2 Å². The lowest BCUT2D eigenvalue weighted by molar-refractivity contribution is -0.164. The van der Waals surface area contributed by atoms with Crippen LogP contribution < -0.4 is 20.3 Å². The number of amides is 5. The number of para-hydroxylation sites is 1. The fourth-order valence-electron chi connectivity index (χ4n) is 8.49. The zero-order valence-corrected chi connectivity index (χ0v) is 28.9. The average Bonchev–Trinajstić information content (AvgIpc) is 3.35. The average molecular weight is 678 g/mol. The van der Waals surface area contributed by atoms with E-state index in [0.717, 1.165) is 54.6 Å². The summed E-state index contributed by atoms with van der Waals surface area (Å²) in [4.78, 5) is 69.2. The van der Waals surface area contributed by atoms with Gasteiger partial charge in [0.2, 0.25) is 11.8 Å². The zero-order chi connectivity index (χ0) is 35.4. The molecular weight excluding hydrogens is 634 g/mol. The van der Waals surface area contributed by atoms with Crippen LogP contribution in [0.3, 0.4) is 0 Å². The lowest BCUT2D eigenvalue weighted by atomic mass is 9.49. The van der Waals surface area contributed by atoms with Gasteiger partial charge in [0.05, 0.1) is 11.1 Å². The lowest BCUT2D eigenvalue weighted by Gasteiger charge is -2.63. The maximum atomic E-state index is 13.4. The SMILES string of the molecule is CC1(C)C(NC(=O)c2ccc(CN3CCN(c4ccc5c(c4)C(=O)N(C4CCC(=O)NC4=O)C5=O)CC3)cc2)C(C)(C)C1Oc1ccccc1. The van der Waals surface area contributed by atoms with Gasteiger partial charge in [-0.15, -0.1) is 0 Å². The molecule has 0 spiro atoms. The molecule has 3 fully saturated rings. The van der Waals surface area contributed by atoms with Gasteiger partial charge in [0, 0.05) is 67.3 Å². The van der Waals surface area contributed by atoms with Crippen molar-refractivity contribution < 1.29 is 28.7 Å². The number of piperidine rings is 1. The van der Waals surface area contributed by atoms with Crippen LogP contribution in [0, 0.1) is 10.8 Å². The standard InChI is InChI=1S/C39H43N5O6/c1-38(2)36(39(3,4)37(38)50-27-8-6-5-7-9-27)41-32(46)25-12-10-24(11-13-25)23-42-18-20-43(21-19-42)26-14-15-28-29(22-26)35(49)44(34(28)48)30-16-17-31(45)40-33(30)47/h5-15,22,30,36-37H,16-21,23H2,1-4H3,(H,41,46)(H,40,45,47). The smallest absolute Gasteiger partial charge is 0.262 e. The molecule has 3 aliphatic heterocycles. The Morgan fingerprint density at radius 2 is 1.50 bits per heavy atom. The minimum absolute atomic E-state index is 0.0460. The Bertz CT molecular complexity index is 1830. The van der Waals surface area contributed by atoms with E-state index < -0.39 is 29.7 Å². The van der Waals surface area contributed by atoms with E-state index >= 15 is 0 Å². The van der Waals surface area contributed by atoms with Crippen LogP contribution in [-0.4, -0.2) is 83.7 Å². The Balaban J connectivity index is 0.920. The maximum absolute atomic E-state index is 13.4. The Kier molecular flexibility index (Phi) is 8.50. The topological polar surface area (TPSA) is 128 Å². The van der Waals surface area contributed by atoms with Crippen LogP contribution in [0.15, 0.2) is 72.8 Å². The molecule has 3 aromatic rings. The second-order valence-corrected chi connectivity index (χ2v) is 15.0. The summed E-state index contributed by atoms with van der Waals surface area (Å²) < 4.78 is 6.37. The van der Waals surface area contributed by atoms with Gasteiger partial charge < -0.3 is 15.0 Å². The summed E-state index contributed by atoms with van der Waals surface area (Å²) in [7, 11) is 0. The van der Waals surface area contributed by atoms with Crippen molar-refractivity contribution in [3.05, 3.63) is 95.1 Å². The van der Waals surface area contributed by atoms with Gasteiger partial charge in [0.15, 0.2) is 0 Å². The van der Waals surface area contributed by atoms with E-state index in [9.17, 15) is 24.0 Å². The van der Waals surface area contributed by atoms with Crippen molar-refractivity contribution in [1.29, 1.82) is 0 Å². The number of carbonyl (C=O) groups excluding carboxylic acids is 5. The molecule has 11 heteroatoms. The van der Waals surface area contributed by atoms with Crippen molar-refractivity contribution in [2.45, 2.75) is 65.3 Å². The predicted molar refractivity (Wildman–Crippen MR) is 187 cm³/mol. The third-order valence-electron chi connectivity index (χ3n) is 10.9. The predicted octanol–water partition coefficient (Wildman–Crippen LogP) is 4.02. The van der Waals surface area contributed by atoms with Crippen LogP contribution in [0.4, 0.5) is 5.69 Å². The van der Waals surface area contributed by atoms with Crippen molar-refractivity contribution in [3.63, 3.8) is 0 Å². The first-order valence-electron chi connectivity index (χ1n) is 17.3. The van der Waals surface area contributed by atoms with Crippen LogP contribution in [0.25, 0.3) is 0 Å². The number of piperazine rings is 1. The number of ether oxygens (including phenoxy) is 1. The van der Waals surface area contributed by atoms with Crippen molar-refractivity contribution in [1.82, 2.24) is 20.4 Å². The number of imide groups is 2. The molecule has 0 aromatic heterocycles. The third kappa shape index (κ3) is 5.93. The van der Waals surface area contributed by atoms with E-state index in [1.165, 1.54) is 0 Å². The molecule has 0 bridgehead atoms. The molecule has 1 saturated carbocycles. The molecule has 1 aliphatic carbocycles. The highest BCUT2D eigenvalue weighted by molar-refractivity contribution is 6.23. The van der Waals surface area contributed by atoms with Crippen molar-refractivity contribution in [2.75, 3.05) is 31.1 Å². The Labute approximate surface area is 291 Å². The van der Waals surface area contributed by atoms with Gasteiger partial charge in [-0.05, 0) is 54.4 Å². The van der Waals surface area contributed by atoms with Gasteiger partial charge in [-0.1, -0.05) is 58.0 Å². The fraction of sp³-hybridized carbons (Fsp3) is 0.410. The van der Waals surface area contributed by atoms with E-state index in [4.69, 9.17) is 4.74 Å². The lowest BCUT2D eigenvalue weighted by Crippen LogP contribution is -2.74. The summed E-state index contributed by atoms with van der Waals surface area (Å²) in [5, 5.41) is 5.52. The first-order chi connectivity index (χ1) is 23.8. The number of fused-ring (bicyclic) bond motifs is 1. The molecule has 5 amide bonds. The minimum Gasteiger partial charge on any atom is -0.489 e. The summed E-state index contributed by atoms with van der Waals surface area (Å²) >= 11 is 0. The molecule has 4 aliphatic rings. The zero-order valence-electron chi connectivity index (χ0n) is 28.9. The van der Waals surface area contributed by atoms with E-state index in [1.54, 1.807) is 12.1 Å². The minimum atomic E-state index is -0.981.